The quantitative estimate of drug-likeness (QED) is 0.723. The largest absolute Gasteiger partial charge is 0.325 e. The van der Waals surface area contributed by atoms with Gasteiger partial charge in [-0.15, -0.1) is 11.3 Å². The molecule has 1 atom stereocenters. The molecule has 0 aliphatic carbocycles. The SMILES string of the molecule is O=C(Nc1cn[nH]c1-c1nccs1)N1CCCC(c2ccccc2)CC1. The van der Waals surface area contributed by atoms with Crippen molar-refractivity contribution < 1.29 is 4.79 Å². The molecule has 2 aromatic heterocycles. The Bertz CT molecular complexity index is 846. The lowest BCUT2D eigenvalue weighted by Crippen LogP contribution is -2.35. The third-order valence-electron chi connectivity index (χ3n) is 4.81. The number of likely N-dealkylation sites (tertiary alicyclic amines) is 1. The highest BCUT2D eigenvalue weighted by Crippen LogP contribution is 2.29. The van der Waals surface area contributed by atoms with E-state index in [1.54, 1.807) is 12.4 Å². The number of aromatic amines is 1. The van der Waals surface area contributed by atoms with E-state index in [1.807, 2.05) is 16.3 Å². The summed E-state index contributed by atoms with van der Waals surface area (Å²) in [5, 5.41) is 12.7. The van der Waals surface area contributed by atoms with E-state index in [1.165, 1.54) is 16.9 Å². The first-order valence-electron chi connectivity index (χ1n) is 8.85. The zero-order valence-electron chi connectivity index (χ0n) is 14.4. The smallest absolute Gasteiger partial charge is 0.321 e. The number of carbonyl (C=O) groups excluding carboxylic acids is 1. The molecule has 1 saturated heterocycles. The van der Waals surface area contributed by atoms with Crippen molar-refractivity contribution in [1.82, 2.24) is 20.1 Å². The number of benzene rings is 1. The topological polar surface area (TPSA) is 73.9 Å². The third-order valence-corrected chi connectivity index (χ3v) is 5.60. The summed E-state index contributed by atoms with van der Waals surface area (Å²) in [6.45, 7) is 1.54. The number of rotatable bonds is 3. The summed E-state index contributed by atoms with van der Waals surface area (Å²) in [4.78, 5) is 18.9. The molecule has 3 aromatic rings. The number of amides is 2. The van der Waals surface area contributed by atoms with Gasteiger partial charge in [0, 0.05) is 24.7 Å². The van der Waals surface area contributed by atoms with E-state index in [0.29, 0.717) is 11.6 Å². The van der Waals surface area contributed by atoms with Gasteiger partial charge >= 0.3 is 6.03 Å². The van der Waals surface area contributed by atoms with Crippen molar-refractivity contribution >= 4 is 23.1 Å². The minimum absolute atomic E-state index is 0.0714. The van der Waals surface area contributed by atoms with Gasteiger partial charge in [0.1, 0.15) is 10.7 Å². The predicted octanol–water partition coefficient (Wildman–Crippen LogP) is 4.33. The number of thiazole rings is 1. The summed E-state index contributed by atoms with van der Waals surface area (Å²) in [5.41, 5.74) is 2.80. The summed E-state index contributed by atoms with van der Waals surface area (Å²) < 4.78 is 0. The van der Waals surface area contributed by atoms with Gasteiger partial charge in [0.2, 0.25) is 0 Å². The molecule has 3 heterocycles. The van der Waals surface area contributed by atoms with Crippen LogP contribution in [-0.2, 0) is 0 Å². The molecule has 0 radical (unpaired) electrons. The van der Waals surface area contributed by atoms with Crippen LogP contribution in [0.2, 0.25) is 0 Å². The number of H-pyrrole nitrogens is 1. The fourth-order valence-corrected chi connectivity index (χ4v) is 4.09. The summed E-state index contributed by atoms with van der Waals surface area (Å²) in [6.07, 6.45) is 6.49. The molecule has 0 bridgehead atoms. The van der Waals surface area contributed by atoms with E-state index in [2.05, 4.69) is 44.8 Å². The van der Waals surface area contributed by atoms with Gasteiger partial charge in [0.15, 0.2) is 0 Å². The molecule has 1 aliphatic heterocycles. The van der Waals surface area contributed by atoms with Gasteiger partial charge in [-0.25, -0.2) is 9.78 Å². The molecule has 6 nitrogen and oxygen atoms in total. The second-order valence-corrected chi connectivity index (χ2v) is 7.35. The first-order valence-corrected chi connectivity index (χ1v) is 9.73. The van der Waals surface area contributed by atoms with Crippen LogP contribution in [0.4, 0.5) is 10.5 Å². The number of hydrogen-bond acceptors (Lipinski definition) is 4. The van der Waals surface area contributed by atoms with Crippen LogP contribution in [0.5, 0.6) is 0 Å². The van der Waals surface area contributed by atoms with Crippen LogP contribution in [0, 0.1) is 0 Å². The highest BCUT2D eigenvalue weighted by molar-refractivity contribution is 7.13. The first-order chi connectivity index (χ1) is 12.8. The van der Waals surface area contributed by atoms with Crippen molar-refractivity contribution in [2.24, 2.45) is 0 Å². The Labute approximate surface area is 156 Å². The maximum atomic E-state index is 12.7. The molecule has 26 heavy (non-hydrogen) atoms. The molecule has 0 saturated carbocycles. The average molecular weight is 367 g/mol. The fourth-order valence-electron chi connectivity index (χ4n) is 3.44. The molecule has 1 fully saturated rings. The van der Waals surface area contributed by atoms with Crippen molar-refractivity contribution in [2.75, 3.05) is 18.4 Å². The van der Waals surface area contributed by atoms with E-state index in [0.717, 1.165) is 43.1 Å². The number of anilines is 1. The van der Waals surface area contributed by atoms with Crippen molar-refractivity contribution in [1.29, 1.82) is 0 Å². The molecule has 2 amide bonds. The van der Waals surface area contributed by atoms with Crippen molar-refractivity contribution in [3.8, 4) is 10.7 Å². The molecule has 4 rings (SSSR count). The number of urea groups is 1. The van der Waals surface area contributed by atoms with E-state index in [9.17, 15) is 4.79 Å². The zero-order chi connectivity index (χ0) is 17.8. The highest BCUT2D eigenvalue weighted by Gasteiger charge is 2.23. The third kappa shape index (κ3) is 3.62. The molecule has 2 N–H and O–H groups in total. The number of nitrogens with zero attached hydrogens (tertiary/aromatic N) is 3. The maximum Gasteiger partial charge on any atom is 0.321 e. The van der Waals surface area contributed by atoms with E-state index in [4.69, 9.17) is 0 Å². The van der Waals surface area contributed by atoms with Gasteiger partial charge in [0.05, 0.1) is 11.9 Å². The number of carbonyl (C=O) groups is 1. The second-order valence-electron chi connectivity index (χ2n) is 6.45. The minimum Gasteiger partial charge on any atom is -0.325 e. The molecule has 134 valence electrons. The average Bonchev–Trinajstić information content (AvgIpc) is 3.29. The monoisotopic (exact) mass is 367 g/mol. The molecule has 0 spiro atoms. The minimum atomic E-state index is -0.0714. The Hall–Kier alpha value is -2.67. The van der Waals surface area contributed by atoms with Gasteiger partial charge < -0.3 is 10.2 Å². The van der Waals surface area contributed by atoms with Crippen LogP contribution >= 0.6 is 11.3 Å². The van der Waals surface area contributed by atoms with Gasteiger partial charge in [-0.3, -0.25) is 5.10 Å². The zero-order valence-corrected chi connectivity index (χ0v) is 15.2. The normalized spacial score (nSPS) is 17.7. The van der Waals surface area contributed by atoms with Gasteiger partial charge in [-0.05, 0) is 30.7 Å². The second kappa shape index (κ2) is 7.70. The standard InChI is InChI=1S/C19H21N5OS/c25-19(22-16-13-21-23-17(16)18-20-9-12-26-18)24-10-4-7-15(8-11-24)14-5-2-1-3-6-14/h1-3,5-6,9,12-13,15H,4,7-8,10-11H2,(H,21,23)(H,22,25). The van der Waals surface area contributed by atoms with Gasteiger partial charge in [-0.2, -0.15) is 5.10 Å². The van der Waals surface area contributed by atoms with Crippen LogP contribution in [0.25, 0.3) is 10.7 Å². The predicted molar refractivity (Wildman–Crippen MR) is 103 cm³/mol. The van der Waals surface area contributed by atoms with Crippen LogP contribution < -0.4 is 5.32 Å². The lowest BCUT2D eigenvalue weighted by molar-refractivity contribution is 0.213. The van der Waals surface area contributed by atoms with E-state index >= 15 is 0 Å². The van der Waals surface area contributed by atoms with Crippen LogP contribution in [0.3, 0.4) is 0 Å². The molecular formula is C19H21N5OS. The Kier molecular flexibility index (Phi) is 4.97. The van der Waals surface area contributed by atoms with Crippen molar-refractivity contribution in [3.05, 3.63) is 53.7 Å². The maximum absolute atomic E-state index is 12.7. The Balaban J connectivity index is 1.41. The van der Waals surface area contributed by atoms with Gasteiger partial charge in [0.25, 0.3) is 0 Å². The molecular weight excluding hydrogens is 346 g/mol. The van der Waals surface area contributed by atoms with Crippen molar-refractivity contribution in [3.63, 3.8) is 0 Å². The van der Waals surface area contributed by atoms with Gasteiger partial charge in [-0.1, -0.05) is 30.3 Å². The first kappa shape index (κ1) is 16.8. The van der Waals surface area contributed by atoms with E-state index in [-0.39, 0.29) is 6.03 Å². The molecule has 1 unspecified atom stereocenters. The lowest BCUT2D eigenvalue weighted by atomic mass is 9.92. The molecule has 1 aromatic carbocycles. The van der Waals surface area contributed by atoms with Crippen LogP contribution in [-0.4, -0.2) is 39.2 Å². The Morgan fingerprint density at radius 3 is 2.92 bits per heavy atom. The Morgan fingerprint density at radius 1 is 1.23 bits per heavy atom. The number of nitrogens with one attached hydrogen (secondary N) is 2. The number of aromatic nitrogens is 3. The molecule has 7 heteroatoms. The van der Waals surface area contributed by atoms with E-state index < -0.39 is 0 Å². The summed E-state index contributed by atoms with van der Waals surface area (Å²) in [7, 11) is 0. The summed E-state index contributed by atoms with van der Waals surface area (Å²) in [5.74, 6) is 0.522. The van der Waals surface area contributed by atoms with Crippen LogP contribution in [0.15, 0.2) is 48.1 Å². The highest BCUT2D eigenvalue weighted by atomic mass is 32.1. The fraction of sp³-hybridized carbons (Fsp3) is 0.316. The summed E-state index contributed by atoms with van der Waals surface area (Å²) in [6, 6.07) is 10.5. The molecule has 1 aliphatic rings. The Morgan fingerprint density at radius 2 is 2.12 bits per heavy atom. The van der Waals surface area contributed by atoms with Crippen molar-refractivity contribution in [2.45, 2.75) is 25.2 Å². The summed E-state index contributed by atoms with van der Waals surface area (Å²) >= 11 is 1.51. The lowest BCUT2D eigenvalue weighted by Gasteiger charge is -2.21. The number of hydrogen-bond donors (Lipinski definition) is 2. The van der Waals surface area contributed by atoms with Crippen LogP contribution in [0.1, 0.15) is 30.7 Å².